The zero-order valence-electron chi connectivity index (χ0n) is 96.3. The monoisotopic (exact) mass is 1750 g/mol. The second-order valence-corrected chi connectivity index (χ2v) is 37.6. The molecule has 9 aliphatic carbocycles. The molecule has 0 saturated heterocycles. The van der Waals surface area contributed by atoms with Crippen LogP contribution in [0, 0.1) is 178 Å². The summed E-state index contributed by atoms with van der Waals surface area (Å²) in [5.41, 5.74) is 7.58. The van der Waals surface area contributed by atoms with Gasteiger partial charge >= 0.3 is 0 Å². The molecule has 7 saturated carbocycles. The molecule has 7 fully saturated rings. The van der Waals surface area contributed by atoms with Crippen LogP contribution in [0.4, 0.5) is 0 Å². The lowest BCUT2D eigenvalue weighted by Crippen LogP contribution is -2.39. The van der Waals surface area contributed by atoms with Gasteiger partial charge in [-0.05, 0) is 275 Å². The third-order valence-electron chi connectivity index (χ3n) is 31.4. The fraction of sp³-hybridized carbons (Fsp3) is 0.762. The van der Waals surface area contributed by atoms with Gasteiger partial charge in [-0.25, -0.2) is 0 Å². The van der Waals surface area contributed by atoms with Gasteiger partial charge in [0.25, 0.3) is 0 Å². The summed E-state index contributed by atoms with van der Waals surface area (Å²) in [4.78, 5) is 0. The molecule has 126 heavy (non-hydrogen) atoms. The first-order valence-electron chi connectivity index (χ1n) is 55.6. The number of rotatable bonds is 6. The molecule has 0 radical (unpaired) electrons. The van der Waals surface area contributed by atoms with E-state index < -0.39 is 0 Å². The summed E-state index contributed by atoms with van der Waals surface area (Å²) in [6.45, 7) is 117. The van der Waals surface area contributed by atoms with Crippen LogP contribution in [0.1, 0.15) is 460 Å². The van der Waals surface area contributed by atoms with Gasteiger partial charge in [-0.1, -0.05) is 531 Å². The summed E-state index contributed by atoms with van der Waals surface area (Å²) in [5, 5.41) is 2.62. The second kappa shape index (κ2) is 85.3. The standard InChI is InChI=1S/C14H12.C13H24.C12H22.C11H20.C10H8.2C10H20.C8H16.C8H18.C6H6.12C2H6/c1-2-6-12-10-14-8-4-3-7-13(14)9-11(12)5-1;1-6-9(2)13-7-10(3)12(5)11(4)8-13;1-7-5-8(2)12-10(4)6-9(3)11(7)12;1-6-7(2)11-5-10(6)8(3)9(11)4;1-2-6-10-8-4-3-7-9(10)5-1;1-7-5-9(3)10(4)6-8(7)2;1-5-10-8(3)6-7(2)9(10)4;1-5-6(2)8(4)7(5)3;1-5-7(3)8(4)6-2;1-2-4-6-5-3-1;12*1-2/h1-8H,9-10H2;7,9,11-13H,6,8H2,1-5H3;7-12H,5-6H2,1-4H3;6-11H,5H2,1-4H3;1-8H;2*7-10H,5-6H2,1-4H3;5-8H,1-4H3;7-8H,5-6H2,1-4H3;1-6H;12*1-2H3. The van der Waals surface area contributed by atoms with Crippen LogP contribution < -0.4 is 0 Å². The van der Waals surface area contributed by atoms with Crippen molar-refractivity contribution >= 4 is 10.8 Å². The van der Waals surface area contributed by atoms with Crippen molar-refractivity contribution in [2.75, 3.05) is 0 Å². The highest BCUT2D eigenvalue weighted by Crippen LogP contribution is 2.58. The van der Waals surface area contributed by atoms with Crippen LogP contribution >= 0.6 is 0 Å². The Morgan fingerprint density at radius 2 is 0.484 bits per heavy atom. The van der Waals surface area contributed by atoms with Gasteiger partial charge in [0, 0.05) is 0 Å². The molecule has 2 bridgehead atoms. The minimum absolute atomic E-state index is 0.806. The lowest BCUT2D eigenvalue weighted by atomic mass is 9.60. The number of allylic oxidation sites excluding steroid dienone is 2. The molecular formula is C126H238. The van der Waals surface area contributed by atoms with Gasteiger partial charge < -0.3 is 0 Å². The normalized spacial score (nSPS) is 30.5. The van der Waals surface area contributed by atoms with Crippen LogP contribution in [0.5, 0.6) is 0 Å². The van der Waals surface area contributed by atoms with Gasteiger partial charge in [-0.3, -0.25) is 0 Å². The summed E-state index contributed by atoms with van der Waals surface area (Å²) < 4.78 is 0. The van der Waals surface area contributed by atoms with Crippen molar-refractivity contribution in [1.29, 1.82) is 0 Å². The average molecular weight is 1750 g/mol. The smallest absolute Gasteiger partial charge is 0.00201 e. The minimum Gasteiger partial charge on any atom is -0.0819 e. The molecule has 5 aromatic carbocycles. The number of hydrogen-bond acceptors (Lipinski definition) is 0. The van der Waals surface area contributed by atoms with E-state index in [9.17, 15) is 0 Å². The van der Waals surface area contributed by atoms with Gasteiger partial charge in [-0.15, -0.1) is 0 Å². The number of benzene rings is 5. The SMILES string of the molecule is CC.CC.CC.CC.CC.CC.CC.CC.CC.CC.CC.CC.CC1C(C)C(C)C1C.CC1C(C)C2CC1C(C)C2C.CC1CC(C)C(C)CC1C.CC1CC(C)C2C(C)CC(C)C12.CCC(C)C(C)CC.CCC(C)C1C=C(C)C(C)C(C)C1.CCC1C(C)CC(C)C1C.c1ccc2c(c1)Cc1ccccc1C2.c1ccc2ccccc2c1.c1ccccc1. The number of hydrogen-bond donors (Lipinski definition) is 0. The quantitative estimate of drug-likeness (QED) is 0.146. The fourth-order valence-electron chi connectivity index (χ4n) is 21.6. The van der Waals surface area contributed by atoms with Gasteiger partial charge in [0.15, 0.2) is 0 Å². The predicted molar refractivity (Wildman–Crippen MR) is 593 cm³/mol. The summed E-state index contributed by atoms with van der Waals surface area (Å²) in [5.74, 6) is 29.2. The Kier molecular flexibility index (Phi) is 93.1. The minimum atomic E-state index is 0.806. The van der Waals surface area contributed by atoms with E-state index in [1.54, 1.807) is 5.57 Å². The molecule has 0 nitrogen and oxygen atoms in total. The first kappa shape index (κ1) is 138. The molecule has 5 aromatic rings. The van der Waals surface area contributed by atoms with E-state index in [-0.39, 0.29) is 0 Å². The van der Waals surface area contributed by atoms with Crippen LogP contribution in [0.3, 0.4) is 0 Å². The molecule has 0 aromatic heterocycles. The van der Waals surface area contributed by atoms with Crippen LogP contribution in [0.25, 0.3) is 10.8 Å². The van der Waals surface area contributed by atoms with Crippen molar-refractivity contribution in [1.82, 2.24) is 0 Å². The summed E-state index contributed by atoms with van der Waals surface area (Å²) in [7, 11) is 0. The maximum Gasteiger partial charge on any atom is -0.00201 e. The summed E-state index contributed by atoms with van der Waals surface area (Å²) in [6.07, 6.45) is 20.3. The van der Waals surface area contributed by atoms with Crippen molar-refractivity contribution in [2.45, 2.75) is 450 Å². The van der Waals surface area contributed by atoms with Gasteiger partial charge in [0.05, 0.1) is 0 Å². The Morgan fingerprint density at radius 3 is 0.683 bits per heavy atom. The van der Waals surface area contributed by atoms with E-state index in [1.807, 2.05) is 203 Å². The first-order chi connectivity index (χ1) is 60.3. The fourth-order valence-corrected chi connectivity index (χ4v) is 21.6. The van der Waals surface area contributed by atoms with Crippen LogP contribution in [-0.2, 0) is 12.8 Å². The zero-order chi connectivity index (χ0) is 99.8. The third-order valence-corrected chi connectivity index (χ3v) is 31.4. The Hall–Kier alpha value is -3.90. The Balaban J connectivity index is -0.000000200. The molecule has 0 amide bonds. The highest BCUT2D eigenvalue weighted by Gasteiger charge is 2.51. The van der Waals surface area contributed by atoms with Crippen molar-refractivity contribution in [2.24, 2.45) is 178 Å². The van der Waals surface area contributed by atoms with Crippen molar-refractivity contribution in [3.8, 4) is 0 Å². The van der Waals surface area contributed by atoms with E-state index >= 15 is 0 Å². The molecule has 9 aliphatic rings. The zero-order valence-corrected chi connectivity index (χ0v) is 96.3. The molecule has 742 valence electrons. The molecule has 0 spiro atoms. The first-order valence-corrected chi connectivity index (χ1v) is 55.6. The maximum atomic E-state index is 2.53. The van der Waals surface area contributed by atoms with E-state index in [0.717, 1.165) is 190 Å². The molecule has 22 unspecified atom stereocenters. The number of fused-ring (bicyclic) bond motifs is 6. The van der Waals surface area contributed by atoms with E-state index in [4.69, 9.17) is 0 Å². The summed E-state index contributed by atoms with van der Waals surface area (Å²) in [6, 6.07) is 46.2. The van der Waals surface area contributed by atoms with Gasteiger partial charge in [0.1, 0.15) is 0 Å². The molecule has 14 rings (SSSR count). The van der Waals surface area contributed by atoms with Crippen LogP contribution in [0.15, 0.2) is 145 Å². The van der Waals surface area contributed by atoms with Crippen LogP contribution in [0.2, 0.25) is 0 Å². The third kappa shape index (κ3) is 49.2. The Bertz CT molecular complexity index is 2750. The highest BCUT2D eigenvalue weighted by atomic mass is 14.6. The van der Waals surface area contributed by atoms with Gasteiger partial charge in [0.2, 0.25) is 0 Å². The molecule has 0 heterocycles. The molecular weight excluding hydrogens is 1510 g/mol. The van der Waals surface area contributed by atoms with Crippen molar-refractivity contribution in [3.05, 3.63) is 167 Å². The lowest BCUT2D eigenvalue weighted by Gasteiger charge is -2.45. The highest BCUT2D eigenvalue weighted by molar-refractivity contribution is 5.82. The van der Waals surface area contributed by atoms with E-state index in [2.05, 4.69) is 304 Å². The molecule has 0 N–H and O–H groups in total. The topological polar surface area (TPSA) is 0 Å². The second-order valence-electron chi connectivity index (χ2n) is 37.6. The summed E-state index contributed by atoms with van der Waals surface area (Å²) >= 11 is 0. The lowest BCUT2D eigenvalue weighted by molar-refractivity contribution is 0.0302. The van der Waals surface area contributed by atoms with Crippen LogP contribution in [-0.4, -0.2) is 0 Å². The molecule has 22 atom stereocenters. The van der Waals surface area contributed by atoms with Crippen molar-refractivity contribution in [3.63, 3.8) is 0 Å². The predicted octanol–water partition coefficient (Wildman–Crippen LogP) is 43.3. The van der Waals surface area contributed by atoms with E-state index in [0.29, 0.717) is 0 Å². The largest absolute Gasteiger partial charge is 0.0819 e. The maximum absolute atomic E-state index is 2.53. The van der Waals surface area contributed by atoms with E-state index in [1.165, 1.54) is 104 Å². The van der Waals surface area contributed by atoms with Crippen molar-refractivity contribution < 1.29 is 0 Å². The Morgan fingerprint density at radius 1 is 0.246 bits per heavy atom. The molecule has 0 heteroatoms. The van der Waals surface area contributed by atoms with Gasteiger partial charge in [-0.2, -0.15) is 0 Å². The molecule has 0 aliphatic heterocycles. The average Bonchev–Trinajstić information content (AvgIpc) is 1.60. The Labute approximate surface area is 800 Å².